The van der Waals surface area contributed by atoms with E-state index >= 15 is 0 Å². The number of benzene rings is 2. The van der Waals surface area contributed by atoms with Crippen molar-refractivity contribution in [3.63, 3.8) is 0 Å². The third kappa shape index (κ3) is 3.74. The number of aromatic nitrogens is 2. The number of esters is 1. The van der Waals surface area contributed by atoms with E-state index in [0.29, 0.717) is 13.0 Å². The second kappa shape index (κ2) is 7.33. The van der Waals surface area contributed by atoms with Crippen LogP contribution in [0.1, 0.15) is 12.0 Å². The van der Waals surface area contributed by atoms with Crippen molar-refractivity contribution in [3.8, 4) is 0 Å². The highest BCUT2D eigenvalue weighted by Crippen LogP contribution is 2.27. The van der Waals surface area contributed by atoms with Crippen molar-refractivity contribution < 1.29 is 9.53 Å². The van der Waals surface area contributed by atoms with Gasteiger partial charge in [0, 0.05) is 12.3 Å². The van der Waals surface area contributed by atoms with Crippen molar-refractivity contribution in [2.24, 2.45) is 0 Å². The first-order chi connectivity index (χ1) is 11.3. The van der Waals surface area contributed by atoms with Crippen molar-refractivity contribution in [1.82, 2.24) is 9.55 Å². The van der Waals surface area contributed by atoms with E-state index in [1.54, 1.807) is 11.8 Å². The first-order valence-corrected chi connectivity index (χ1v) is 8.45. The van der Waals surface area contributed by atoms with Crippen LogP contribution in [-0.2, 0) is 21.8 Å². The molecule has 23 heavy (non-hydrogen) atoms. The number of aryl methyl sites for hydroxylation is 1. The summed E-state index contributed by atoms with van der Waals surface area (Å²) in [6, 6.07) is 18.3. The second-order valence-corrected chi connectivity index (χ2v) is 6.08. The molecule has 0 fully saturated rings. The SMILES string of the molecule is COC(=O)CCn1c(SCc2ccccc2)nc2ccccc21. The topological polar surface area (TPSA) is 44.1 Å². The fourth-order valence-corrected chi connectivity index (χ4v) is 3.40. The molecule has 0 radical (unpaired) electrons. The number of nitrogens with zero attached hydrogens (tertiary/aromatic N) is 2. The van der Waals surface area contributed by atoms with Crippen LogP contribution in [-0.4, -0.2) is 22.6 Å². The zero-order valence-corrected chi connectivity index (χ0v) is 13.8. The van der Waals surface area contributed by atoms with Gasteiger partial charge in [-0.1, -0.05) is 54.2 Å². The Labute approximate surface area is 139 Å². The lowest BCUT2D eigenvalue weighted by Gasteiger charge is -2.08. The van der Waals surface area contributed by atoms with E-state index in [0.717, 1.165) is 21.9 Å². The number of imidazole rings is 1. The quantitative estimate of drug-likeness (QED) is 0.509. The highest BCUT2D eigenvalue weighted by Gasteiger charge is 2.12. The molecule has 3 rings (SSSR count). The molecule has 0 aliphatic heterocycles. The Kier molecular flexibility index (Phi) is 4.98. The molecule has 0 N–H and O–H groups in total. The minimum Gasteiger partial charge on any atom is -0.469 e. The summed E-state index contributed by atoms with van der Waals surface area (Å²) in [7, 11) is 1.42. The summed E-state index contributed by atoms with van der Waals surface area (Å²) < 4.78 is 6.85. The maximum Gasteiger partial charge on any atom is 0.307 e. The van der Waals surface area contributed by atoms with E-state index in [1.807, 2.05) is 42.5 Å². The molecular weight excluding hydrogens is 308 g/mol. The largest absolute Gasteiger partial charge is 0.469 e. The van der Waals surface area contributed by atoms with E-state index in [2.05, 4.69) is 16.7 Å². The van der Waals surface area contributed by atoms with Crippen molar-refractivity contribution in [2.45, 2.75) is 23.9 Å². The summed E-state index contributed by atoms with van der Waals surface area (Å²) in [6.07, 6.45) is 0.343. The molecule has 5 heteroatoms. The zero-order chi connectivity index (χ0) is 16.1. The van der Waals surface area contributed by atoms with Gasteiger partial charge in [0.15, 0.2) is 5.16 Å². The van der Waals surface area contributed by atoms with Gasteiger partial charge in [-0.25, -0.2) is 4.98 Å². The van der Waals surface area contributed by atoms with Gasteiger partial charge in [0.05, 0.1) is 24.6 Å². The third-order valence-electron chi connectivity index (χ3n) is 3.60. The molecule has 0 atom stereocenters. The molecule has 2 aromatic carbocycles. The van der Waals surface area contributed by atoms with Gasteiger partial charge in [-0.2, -0.15) is 0 Å². The van der Waals surface area contributed by atoms with Crippen LogP contribution in [0.5, 0.6) is 0 Å². The molecule has 0 saturated carbocycles. The molecule has 0 bridgehead atoms. The monoisotopic (exact) mass is 326 g/mol. The van der Waals surface area contributed by atoms with Crippen LogP contribution in [0.2, 0.25) is 0 Å². The maximum absolute atomic E-state index is 11.5. The average molecular weight is 326 g/mol. The molecule has 0 aliphatic carbocycles. The van der Waals surface area contributed by atoms with Gasteiger partial charge in [0.1, 0.15) is 0 Å². The Morgan fingerprint density at radius 3 is 2.65 bits per heavy atom. The molecule has 3 aromatic rings. The van der Waals surface area contributed by atoms with Crippen LogP contribution in [0.15, 0.2) is 59.8 Å². The van der Waals surface area contributed by atoms with Crippen molar-refractivity contribution in [3.05, 3.63) is 60.2 Å². The molecular formula is C18H18N2O2S. The number of rotatable bonds is 6. The van der Waals surface area contributed by atoms with Crippen molar-refractivity contribution in [2.75, 3.05) is 7.11 Å². The van der Waals surface area contributed by atoms with Gasteiger partial charge in [-0.3, -0.25) is 4.79 Å². The highest BCUT2D eigenvalue weighted by atomic mass is 32.2. The molecule has 0 amide bonds. The van der Waals surface area contributed by atoms with E-state index in [9.17, 15) is 4.79 Å². The summed E-state index contributed by atoms with van der Waals surface area (Å²) in [5.41, 5.74) is 3.25. The van der Waals surface area contributed by atoms with Crippen molar-refractivity contribution in [1.29, 1.82) is 0 Å². The maximum atomic E-state index is 11.5. The molecule has 0 aliphatic rings. The van der Waals surface area contributed by atoms with Crippen LogP contribution < -0.4 is 0 Å². The van der Waals surface area contributed by atoms with Crippen LogP contribution in [0.3, 0.4) is 0 Å². The van der Waals surface area contributed by atoms with Crippen LogP contribution in [0, 0.1) is 0 Å². The van der Waals surface area contributed by atoms with Crippen molar-refractivity contribution >= 4 is 28.8 Å². The molecule has 1 heterocycles. The first kappa shape index (κ1) is 15.6. The Bertz CT molecular complexity index is 799. The number of fused-ring (bicyclic) bond motifs is 1. The van der Waals surface area contributed by atoms with Gasteiger partial charge in [0.2, 0.25) is 0 Å². The Hall–Kier alpha value is -2.27. The van der Waals surface area contributed by atoms with E-state index in [1.165, 1.54) is 12.7 Å². The summed E-state index contributed by atoms with van der Waals surface area (Å²) in [5, 5.41) is 0.930. The third-order valence-corrected chi connectivity index (χ3v) is 4.65. The zero-order valence-electron chi connectivity index (χ0n) is 12.9. The number of carbonyl (C=O) groups excluding carboxylic acids is 1. The van der Waals surface area contributed by atoms with Crippen LogP contribution in [0.4, 0.5) is 0 Å². The summed E-state index contributed by atoms with van der Waals surface area (Å²) in [4.78, 5) is 16.2. The normalized spacial score (nSPS) is 10.8. The highest BCUT2D eigenvalue weighted by molar-refractivity contribution is 7.98. The Morgan fingerprint density at radius 2 is 1.87 bits per heavy atom. The van der Waals surface area contributed by atoms with E-state index in [-0.39, 0.29) is 5.97 Å². The molecule has 0 saturated heterocycles. The van der Waals surface area contributed by atoms with Gasteiger partial charge in [0.25, 0.3) is 0 Å². The van der Waals surface area contributed by atoms with E-state index in [4.69, 9.17) is 9.72 Å². The smallest absolute Gasteiger partial charge is 0.307 e. The minimum atomic E-state index is -0.207. The second-order valence-electron chi connectivity index (χ2n) is 5.14. The first-order valence-electron chi connectivity index (χ1n) is 7.47. The molecule has 0 spiro atoms. The van der Waals surface area contributed by atoms with Crippen LogP contribution >= 0.6 is 11.8 Å². The lowest BCUT2D eigenvalue weighted by atomic mass is 10.2. The molecule has 1 aromatic heterocycles. The molecule has 0 unspecified atom stereocenters. The van der Waals surface area contributed by atoms with E-state index < -0.39 is 0 Å². The standard InChI is InChI=1S/C18H18N2O2S/c1-22-17(21)11-12-20-16-10-6-5-9-15(16)19-18(20)23-13-14-7-3-2-4-8-14/h2-10H,11-13H2,1H3. The number of hydrogen-bond acceptors (Lipinski definition) is 4. The van der Waals surface area contributed by atoms with Gasteiger partial charge < -0.3 is 9.30 Å². The predicted molar refractivity (Wildman–Crippen MR) is 92.4 cm³/mol. The number of para-hydroxylation sites is 2. The number of thioether (sulfide) groups is 1. The number of hydrogen-bond donors (Lipinski definition) is 0. The van der Waals surface area contributed by atoms with Gasteiger partial charge in [-0.15, -0.1) is 0 Å². The minimum absolute atomic E-state index is 0.207. The van der Waals surface area contributed by atoms with Crippen LogP contribution in [0.25, 0.3) is 11.0 Å². The lowest BCUT2D eigenvalue weighted by molar-refractivity contribution is -0.140. The molecule has 118 valence electrons. The van der Waals surface area contributed by atoms with Gasteiger partial charge in [-0.05, 0) is 17.7 Å². The number of methoxy groups -OCH3 is 1. The predicted octanol–water partition coefficient (Wildman–Crippen LogP) is 3.89. The fourth-order valence-electron chi connectivity index (χ4n) is 2.41. The summed E-state index contributed by atoms with van der Waals surface area (Å²) in [6.45, 7) is 0.574. The number of carbonyl (C=O) groups is 1. The molecule has 4 nitrogen and oxygen atoms in total. The average Bonchev–Trinajstić information content (AvgIpc) is 2.96. The summed E-state index contributed by atoms with van der Waals surface area (Å²) in [5.74, 6) is 0.643. The Morgan fingerprint density at radius 1 is 1.13 bits per heavy atom. The summed E-state index contributed by atoms with van der Waals surface area (Å²) >= 11 is 1.68. The Balaban J connectivity index is 1.84. The lowest BCUT2D eigenvalue weighted by Crippen LogP contribution is -2.07. The number of ether oxygens (including phenoxy) is 1. The fraction of sp³-hybridized carbons (Fsp3) is 0.222. The van der Waals surface area contributed by atoms with Gasteiger partial charge >= 0.3 is 5.97 Å².